The average molecular weight is 417 g/mol. The number of anilines is 1. The van der Waals surface area contributed by atoms with E-state index < -0.39 is 6.29 Å². The smallest absolute Gasteiger partial charge is 0.320 e. The van der Waals surface area contributed by atoms with E-state index in [4.69, 9.17) is 11.6 Å². The molecule has 0 bridgehead atoms. The molecule has 8 nitrogen and oxygen atoms in total. The second-order valence-electron chi connectivity index (χ2n) is 7.37. The van der Waals surface area contributed by atoms with Crippen molar-refractivity contribution in [3.05, 3.63) is 36.4 Å². The van der Waals surface area contributed by atoms with Gasteiger partial charge in [0.1, 0.15) is 5.82 Å². The summed E-state index contributed by atoms with van der Waals surface area (Å²) in [5.74, 6) is 0.842. The minimum absolute atomic E-state index is 0.00687. The molecule has 3 amide bonds. The van der Waals surface area contributed by atoms with Crippen LogP contribution >= 0.6 is 11.6 Å². The molecule has 1 saturated heterocycles. The summed E-state index contributed by atoms with van der Waals surface area (Å²) in [6.07, 6.45) is 3.52. The van der Waals surface area contributed by atoms with E-state index in [1.165, 1.54) is 0 Å². The number of carbonyl (C=O) groups excluding carboxylic acids is 2. The Labute approximate surface area is 174 Å². The molecule has 1 aromatic heterocycles. The number of fused-ring (bicyclic) bond motifs is 1. The van der Waals surface area contributed by atoms with Gasteiger partial charge in [-0.3, -0.25) is 15.4 Å². The van der Waals surface area contributed by atoms with E-state index in [0.29, 0.717) is 23.9 Å². The molecule has 3 atom stereocenters. The monoisotopic (exact) mass is 416 g/mol. The van der Waals surface area contributed by atoms with E-state index in [2.05, 4.69) is 26.4 Å². The number of amides is 3. The first kappa shape index (κ1) is 19.7. The van der Waals surface area contributed by atoms with Crippen LogP contribution in [0.1, 0.15) is 32.0 Å². The number of carbonyl (C=O) groups is 2. The lowest BCUT2D eigenvalue weighted by atomic mass is 9.83. The quantitative estimate of drug-likeness (QED) is 0.563. The Balaban J connectivity index is 1.62. The summed E-state index contributed by atoms with van der Waals surface area (Å²) in [5.41, 5.74) is 1.63. The van der Waals surface area contributed by atoms with Gasteiger partial charge < -0.3 is 10.6 Å². The van der Waals surface area contributed by atoms with Gasteiger partial charge in [0.2, 0.25) is 5.91 Å². The summed E-state index contributed by atoms with van der Waals surface area (Å²) in [5, 5.41) is 16.7. The van der Waals surface area contributed by atoms with Gasteiger partial charge in [0.25, 0.3) is 0 Å². The number of benzene rings is 1. The number of alkyl halides is 1. The highest BCUT2D eigenvalue weighted by Crippen LogP contribution is 2.30. The van der Waals surface area contributed by atoms with Gasteiger partial charge in [0, 0.05) is 30.1 Å². The van der Waals surface area contributed by atoms with Gasteiger partial charge in [-0.25, -0.2) is 9.48 Å². The molecule has 3 unspecified atom stereocenters. The largest absolute Gasteiger partial charge is 0.337 e. The summed E-state index contributed by atoms with van der Waals surface area (Å²) in [4.78, 5) is 24.9. The molecule has 4 N–H and O–H groups in total. The van der Waals surface area contributed by atoms with Gasteiger partial charge in [0.15, 0.2) is 6.29 Å². The highest BCUT2D eigenvalue weighted by Gasteiger charge is 2.38. The normalized spacial score (nSPS) is 23.8. The lowest BCUT2D eigenvalue weighted by Gasteiger charge is -2.40. The second kappa shape index (κ2) is 8.84. The van der Waals surface area contributed by atoms with Crippen LogP contribution in [0.25, 0.3) is 11.3 Å². The minimum atomic E-state index is -0.525. The maximum Gasteiger partial charge on any atom is 0.320 e. The van der Waals surface area contributed by atoms with Crippen molar-refractivity contribution < 1.29 is 9.59 Å². The summed E-state index contributed by atoms with van der Waals surface area (Å²) in [7, 11) is 0. The Bertz CT molecular complexity index is 871. The third-order valence-electron chi connectivity index (χ3n) is 5.43. The lowest BCUT2D eigenvalue weighted by molar-refractivity contribution is -0.132. The molecule has 154 valence electrons. The fourth-order valence-corrected chi connectivity index (χ4v) is 4.11. The molecule has 1 aliphatic heterocycles. The van der Waals surface area contributed by atoms with E-state index in [9.17, 15) is 9.59 Å². The maximum atomic E-state index is 12.7. The van der Waals surface area contributed by atoms with Crippen LogP contribution in [0, 0.1) is 5.92 Å². The van der Waals surface area contributed by atoms with Crippen LogP contribution in [0.4, 0.5) is 10.6 Å². The number of halogens is 1. The van der Waals surface area contributed by atoms with Crippen LogP contribution in [0.3, 0.4) is 0 Å². The van der Waals surface area contributed by atoms with Gasteiger partial charge in [-0.05, 0) is 12.8 Å². The highest BCUT2D eigenvalue weighted by molar-refractivity contribution is 6.18. The van der Waals surface area contributed by atoms with Crippen molar-refractivity contribution in [2.45, 2.75) is 38.0 Å². The van der Waals surface area contributed by atoms with Gasteiger partial charge in [-0.1, -0.05) is 43.2 Å². The Morgan fingerprint density at radius 1 is 1.24 bits per heavy atom. The van der Waals surface area contributed by atoms with E-state index >= 15 is 0 Å². The highest BCUT2D eigenvalue weighted by atomic mass is 35.5. The zero-order valence-corrected chi connectivity index (χ0v) is 16.8. The first-order valence-electron chi connectivity index (χ1n) is 9.98. The number of nitrogens with zero attached hydrogens (tertiary/aromatic N) is 2. The Morgan fingerprint density at radius 3 is 2.83 bits per heavy atom. The molecule has 2 heterocycles. The van der Waals surface area contributed by atoms with Gasteiger partial charge in [-0.2, -0.15) is 5.10 Å². The van der Waals surface area contributed by atoms with Crippen molar-refractivity contribution in [3.8, 4) is 11.3 Å². The van der Waals surface area contributed by atoms with Gasteiger partial charge >= 0.3 is 6.03 Å². The fourth-order valence-electron chi connectivity index (χ4n) is 4.02. The first-order chi connectivity index (χ1) is 14.2. The number of nitrogens with one attached hydrogen (secondary N) is 4. The predicted octanol–water partition coefficient (Wildman–Crippen LogP) is 2.64. The van der Waals surface area contributed by atoms with Crippen LogP contribution < -0.4 is 21.3 Å². The van der Waals surface area contributed by atoms with E-state index in [-0.39, 0.29) is 23.9 Å². The molecular weight excluding hydrogens is 392 g/mol. The number of rotatable bonds is 5. The second-order valence-corrected chi connectivity index (χ2v) is 7.75. The molecule has 29 heavy (non-hydrogen) atoms. The third kappa shape index (κ3) is 4.38. The third-order valence-corrected chi connectivity index (χ3v) is 5.61. The van der Waals surface area contributed by atoms with Crippen molar-refractivity contribution in [1.82, 2.24) is 25.7 Å². The van der Waals surface area contributed by atoms with Crippen molar-refractivity contribution >= 4 is 29.4 Å². The predicted molar refractivity (Wildman–Crippen MR) is 111 cm³/mol. The Hall–Kier alpha value is -2.58. The van der Waals surface area contributed by atoms with Gasteiger partial charge in [0.05, 0.1) is 11.6 Å². The molecule has 0 spiro atoms. The van der Waals surface area contributed by atoms with Crippen molar-refractivity contribution in [2.24, 2.45) is 5.92 Å². The molecule has 1 aromatic carbocycles. The maximum absolute atomic E-state index is 12.7. The van der Waals surface area contributed by atoms with Crippen molar-refractivity contribution in [1.29, 1.82) is 0 Å². The molecule has 2 aliphatic rings. The summed E-state index contributed by atoms with van der Waals surface area (Å²) in [6, 6.07) is 11.3. The van der Waals surface area contributed by atoms with Crippen molar-refractivity contribution in [3.63, 3.8) is 0 Å². The zero-order valence-electron chi connectivity index (χ0n) is 16.0. The average Bonchev–Trinajstić information content (AvgIpc) is 3.16. The SMILES string of the molecule is O=C(NCCCl)Nc1cc(-c2ccccc2)nn1C1NC(=O)C2CCCCC2N1. The van der Waals surface area contributed by atoms with Crippen LogP contribution in [-0.2, 0) is 4.79 Å². The molecule has 1 saturated carbocycles. The van der Waals surface area contributed by atoms with Gasteiger partial charge in [-0.15, -0.1) is 11.6 Å². The molecule has 0 radical (unpaired) electrons. The fraction of sp³-hybridized carbons (Fsp3) is 0.450. The minimum Gasteiger partial charge on any atom is -0.337 e. The lowest BCUT2D eigenvalue weighted by Crippen LogP contribution is -2.59. The summed E-state index contributed by atoms with van der Waals surface area (Å²) < 4.78 is 1.63. The molecular formula is C20H25ClN6O2. The van der Waals surface area contributed by atoms with Crippen molar-refractivity contribution in [2.75, 3.05) is 17.7 Å². The molecule has 9 heteroatoms. The van der Waals surface area contributed by atoms with Crippen LogP contribution in [0.15, 0.2) is 36.4 Å². The Kier molecular flexibility index (Phi) is 6.01. The first-order valence-corrected chi connectivity index (χ1v) is 10.5. The molecule has 1 aliphatic carbocycles. The summed E-state index contributed by atoms with van der Waals surface area (Å²) >= 11 is 5.65. The summed E-state index contributed by atoms with van der Waals surface area (Å²) in [6.45, 7) is 0.356. The number of aromatic nitrogens is 2. The number of hydrogen-bond acceptors (Lipinski definition) is 4. The number of urea groups is 1. The molecule has 4 rings (SSSR count). The standard InChI is InChI=1S/C20H25ClN6O2/c21-10-11-22-20(29)24-17-12-16(13-6-2-1-3-7-13)26-27(17)19-23-15-9-5-4-8-14(15)18(28)25-19/h1-3,6-7,12,14-15,19,23H,4-5,8-11H2,(H,25,28)(H2,22,24,29). The van der Waals surface area contributed by atoms with Crippen LogP contribution in [0.5, 0.6) is 0 Å². The van der Waals surface area contributed by atoms with E-state index in [1.807, 2.05) is 30.3 Å². The molecule has 2 fully saturated rings. The number of hydrogen-bond donors (Lipinski definition) is 4. The topological polar surface area (TPSA) is 100 Å². The molecule has 2 aromatic rings. The van der Waals surface area contributed by atoms with E-state index in [1.54, 1.807) is 10.7 Å². The van der Waals surface area contributed by atoms with Crippen LogP contribution in [0.2, 0.25) is 0 Å². The van der Waals surface area contributed by atoms with Crippen LogP contribution in [-0.4, -0.2) is 40.2 Å². The zero-order chi connectivity index (χ0) is 20.2. The Morgan fingerprint density at radius 2 is 2.03 bits per heavy atom. The van der Waals surface area contributed by atoms with E-state index in [0.717, 1.165) is 31.2 Å².